The van der Waals surface area contributed by atoms with Gasteiger partial charge in [0.1, 0.15) is 5.75 Å². The van der Waals surface area contributed by atoms with Crippen molar-refractivity contribution in [1.82, 2.24) is 0 Å². The van der Waals surface area contributed by atoms with Crippen molar-refractivity contribution in [1.29, 1.82) is 0 Å². The number of esters is 1. The summed E-state index contributed by atoms with van der Waals surface area (Å²) in [5.41, 5.74) is 1.03. The lowest BCUT2D eigenvalue weighted by molar-refractivity contribution is -0.140. The van der Waals surface area contributed by atoms with Crippen molar-refractivity contribution < 1.29 is 23.9 Å². The Morgan fingerprint density at radius 1 is 1.17 bits per heavy atom. The molecule has 1 rings (SSSR count). The lowest BCUT2D eigenvalue weighted by Crippen LogP contribution is -2.16. The minimum absolute atomic E-state index is 0.199. The second kappa shape index (κ2) is 9.73. The van der Waals surface area contributed by atoms with Crippen LogP contribution in [0.4, 0.5) is 11.4 Å². The molecule has 0 heterocycles. The third-order valence-corrected chi connectivity index (χ3v) is 3.66. The van der Waals surface area contributed by atoms with Gasteiger partial charge in [-0.3, -0.25) is 14.4 Å². The summed E-state index contributed by atoms with van der Waals surface area (Å²) in [7, 11) is 2.82. The first-order valence-electron chi connectivity index (χ1n) is 6.86. The zero-order valence-corrected chi connectivity index (χ0v) is 14.1. The number of hydrogen-bond acceptors (Lipinski definition) is 6. The van der Waals surface area contributed by atoms with Gasteiger partial charge >= 0.3 is 5.97 Å². The molecule has 0 aromatic heterocycles. The van der Waals surface area contributed by atoms with Crippen molar-refractivity contribution >= 4 is 40.9 Å². The molecule has 0 unspecified atom stereocenters. The van der Waals surface area contributed by atoms with Crippen LogP contribution in [-0.2, 0) is 19.1 Å². The van der Waals surface area contributed by atoms with Crippen molar-refractivity contribution in [2.45, 2.75) is 13.3 Å². The van der Waals surface area contributed by atoms with Crippen LogP contribution in [0.3, 0.4) is 0 Å². The molecule has 1 aromatic carbocycles. The van der Waals surface area contributed by atoms with Crippen LogP contribution < -0.4 is 15.4 Å². The number of methoxy groups -OCH3 is 2. The van der Waals surface area contributed by atoms with Gasteiger partial charge in [0.25, 0.3) is 0 Å². The van der Waals surface area contributed by atoms with E-state index >= 15 is 0 Å². The number of nitrogens with one attached hydrogen (secondary N) is 2. The Labute approximate surface area is 139 Å². The Balaban J connectivity index is 2.58. The molecule has 0 saturated heterocycles. The van der Waals surface area contributed by atoms with Gasteiger partial charge in [0.2, 0.25) is 11.8 Å². The molecule has 0 atom stereocenters. The number of rotatable bonds is 8. The SMILES string of the molecule is COC(=O)CCSCC(=O)Nc1cc(NC(C)=O)ccc1OC. The summed E-state index contributed by atoms with van der Waals surface area (Å²) >= 11 is 1.33. The fourth-order valence-corrected chi connectivity index (χ4v) is 2.41. The highest BCUT2D eigenvalue weighted by molar-refractivity contribution is 7.99. The van der Waals surface area contributed by atoms with E-state index in [9.17, 15) is 14.4 Å². The van der Waals surface area contributed by atoms with E-state index in [0.717, 1.165) is 0 Å². The number of carbonyl (C=O) groups is 3. The maximum absolute atomic E-state index is 11.9. The van der Waals surface area contributed by atoms with Crippen LogP contribution in [0.25, 0.3) is 0 Å². The summed E-state index contributed by atoms with van der Waals surface area (Å²) in [4.78, 5) is 34.0. The highest BCUT2D eigenvalue weighted by Crippen LogP contribution is 2.28. The van der Waals surface area contributed by atoms with Crippen LogP contribution in [0, 0.1) is 0 Å². The van der Waals surface area contributed by atoms with E-state index in [2.05, 4.69) is 15.4 Å². The van der Waals surface area contributed by atoms with Gasteiger partial charge in [0, 0.05) is 18.4 Å². The minimum Gasteiger partial charge on any atom is -0.495 e. The van der Waals surface area contributed by atoms with Crippen molar-refractivity contribution in [3.05, 3.63) is 18.2 Å². The zero-order valence-electron chi connectivity index (χ0n) is 13.3. The summed E-state index contributed by atoms with van der Waals surface area (Å²) < 4.78 is 9.71. The number of amides is 2. The molecule has 0 spiro atoms. The maximum atomic E-state index is 11.9. The molecule has 126 valence electrons. The molecule has 0 aliphatic heterocycles. The number of anilines is 2. The smallest absolute Gasteiger partial charge is 0.306 e. The molecule has 0 saturated carbocycles. The van der Waals surface area contributed by atoms with E-state index in [4.69, 9.17) is 4.74 Å². The molecule has 0 aliphatic rings. The van der Waals surface area contributed by atoms with Crippen LogP contribution in [0.15, 0.2) is 18.2 Å². The van der Waals surface area contributed by atoms with Crippen LogP contribution in [-0.4, -0.2) is 43.5 Å². The van der Waals surface area contributed by atoms with Gasteiger partial charge in [-0.15, -0.1) is 0 Å². The molecular formula is C15H20N2O5S. The normalized spacial score (nSPS) is 9.87. The highest BCUT2D eigenvalue weighted by atomic mass is 32.2. The number of ether oxygens (including phenoxy) is 2. The predicted molar refractivity (Wildman–Crippen MR) is 89.9 cm³/mol. The monoisotopic (exact) mass is 340 g/mol. The van der Waals surface area contributed by atoms with E-state index < -0.39 is 0 Å². The first-order valence-corrected chi connectivity index (χ1v) is 8.01. The second-order valence-electron chi connectivity index (χ2n) is 4.52. The van der Waals surface area contributed by atoms with Gasteiger partial charge in [-0.2, -0.15) is 11.8 Å². The number of benzene rings is 1. The van der Waals surface area contributed by atoms with Gasteiger partial charge in [-0.05, 0) is 18.2 Å². The van der Waals surface area contributed by atoms with Crippen LogP contribution in [0.1, 0.15) is 13.3 Å². The molecule has 0 fully saturated rings. The average molecular weight is 340 g/mol. The third-order valence-electron chi connectivity index (χ3n) is 2.71. The van der Waals surface area contributed by atoms with Crippen LogP contribution in [0.2, 0.25) is 0 Å². The quantitative estimate of drug-likeness (QED) is 0.554. The van der Waals surface area contributed by atoms with Gasteiger partial charge < -0.3 is 20.1 Å². The molecule has 0 radical (unpaired) electrons. The van der Waals surface area contributed by atoms with E-state index in [1.54, 1.807) is 18.2 Å². The van der Waals surface area contributed by atoms with Crippen molar-refractivity contribution in [2.75, 3.05) is 36.4 Å². The second-order valence-corrected chi connectivity index (χ2v) is 5.63. The molecule has 1 aromatic rings. The number of carbonyl (C=O) groups excluding carboxylic acids is 3. The Morgan fingerprint density at radius 2 is 1.91 bits per heavy atom. The maximum Gasteiger partial charge on any atom is 0.306 e. The minimum atomic E-state index is -0.303. The van der Waals surface area contributed by atoms with Gasteiger partial charge in [0.05, 0.1) is 32.1 Å². The van der Waals surface area contributed by atoms with Gasteiger partial charge in [-0.25, -0.2) is 0 Å². The number of hydrogen-bond donors (Lipinski definition) is 2. The summed E-state index contributed by atoms with van der Waals surface area (Å²) in [6.07, 6.45) is 0.260. The topological polar surface area (TPSA) is 93.7 Å². The van der Waals surface area contributed by atoms with E-state index in [-0.39, 0.29) is 30.0 Å². The highest BCUT2D eigenvalue weighted by Gasteiger charge is 2.10. The standard InChI is InChI=1S/C15H20N2O5S/c1-10(18)16-11-4-5-13(21-2)12(8-11)17-14(19)9-23-7-6-15(20)22-3/h4-5,8H,6-7,9H2,1-3H3,(H,16,18)(H,17,19). The Morgan fingerprint density at radius 3 is 2.52 bits per heavy atom. The Kier molecular flexibility index (Phi) is 7.96. The molecule has 0 bridgehead atoms. The third kappa shape index (κ3) is 7.05. The van der Waals surface area contributed by atoms with Crippen molar-refractivity contribution in [3.63, 3.8) is 0 Å². The molecule has 0 aliphatic carbocycles. The van der Waals surface area contributed by atoms with Crippen LogP contribution >= 0.6 is 11.8 Å². The van der Waals surface area contributed by atoms with Gasteiger partial charge in [-0.1, -0.05) is 0 Å². The number of thioether (sulfide) groups is 1. The summed E-state index contributed by atoms with van der Waals surface area (Å²) in [6, 6.07) is 4.96. The average Bonchev–Trinajstić information content (AvgIpc) is 2.51. The van der Waals surface area contributed by atoms with Crippen molar-refractivity contribution in [2.24, 2.45) is 0 Å². The summed E-state index contributed by atoms with van der Waals surface area (Å²) in [5.74, 6) is 0.465. The molecule has 2 amide bonds. The lowest BCUT2D eigenvalue weighted by atomic mass is 10.2. The first-order chi connectivity index (χ1) is 11.0. The largest absolute Gasteiger partial charge is 0.495 e. The molecule has 8 heteroatoms. The van der Waals surface area contributed by atoms with E-state index in [1.807, 2.05) is 0 Å². The van der Waals surface area contributed by atoms with Crippen LogP contribution in [0.5, 0.6) is 5.75 Å². The first kappa shape index (κ1) is 18.8. The Bertz CT molecular complexity index is 577. The predicted octanol–water partition coefficient (Wildman–Crippen LogP) is 1.89. The Hall–Kier alpha value is -2.22. The van der Waals surface area contributed by atoms with Crippen molar-refractivity contribution in [3.8, 4) is 5.75 Å². The van der Waals surface area contributed by atoms with E-state index in [1.165, 1.54) is 32.9 Å². The van der Waals surface area contributed by atoms with E-state index in [0.29, 0.717) is 22.9 Å². The zero-order chi connectivity index (χ0) is 17.2. The molecule has 7 nitrogen and oxygen atoms in total. The summed E-state index contributed by atoms with van der Waals surface area (Å²) in [5, 5.41) is 5.36. The molecular weight excluding hydrogens is 320 g/mol. The lowest BCUT2D eigenvalue weighted by Gasteiger charge is -2.12. The summed E-state index contributed by atoms with van der Waals surface area (Å²) in [6.45, 7) is 1.40. The fourth-order valence-electron chi connectivity index (χ4n) is 1.70. The fraction of sp³-hybridized carbons (Fsp3) is 0.400. The molecule has 23 heavy (non-hydrogen) atoms. The van der Waals surface area contributed by atoms with Gasteiger partial charge in [0.15, 0.2) is 0 Å². The molecule has 2 N–H and O–H groups in total.